The number of non-ortho nitro benzene ring substituents is 2. The van der Waals surface area contributed by atoms with Gasteiger partial charge in [0.25, 0.3) is 11.4 Å². The van der Waals surface area contributed by atoms with Crippen molar-refractivity contribution in [3.05, 3.63) is 74.3 Å². The Morgan fingerprint density at radius 1 is 0.920 bits per heavy atom. The SMILES string of the molecule is CN(C(=O)CCCc1ccc([N+](=O)[O-])cc1)c1ccc([N+](=O)[O-])cc1. The number of nitro groups is 2. The Morgan fingerprint density at radius 2 is 1.40 bits per heavy atom. The largest absolute Gasteiger partial charge is 0.315 e. The van der Waals surface area contributed by atoms with Crippen LogP contribution in [0.4, 0.5) is 17.1 Å². The highest BCUT2D eigenvalue weighted by Crippen LogP contribution is 2.19. The summed E-state index contributed by atoms with van der Waals surface area (Å²) < 4.78 is 0. The molecule has 2 aromatic carbocycles. The second kappa shape index (κ2) is 8.00. The summed E-state index contributed by atoms with van der Waals surface area (Å²) in [5.41, 5.74) is 1.53. The Hall–Kier alpha value is -3.29. The zero-order valence-corrected chi connectivity index (χ0v) is 13.6. The fraction of sp³-hybridized carbons (Fsp3) is 0.235. The van der Waals surface area contributed by atoms with Crippen molar-refractivity contribution >= 4 is 23.0 Å². The summed E-state index contributed by atoms with van der Waals surface area (Å²) in [6.45, 7) is 0. The molecule has 1 amide bonds. The molecular weight excluding hydrogens is 326 g/mol. The first kappa shape index (κ1) is 18.1. The molecule has 0 aliphatic heterocycles. The van der Waals surface area contributed by atoms with E-state index < -0.39 is 9.85 Å². The minimum Gasteiger partial charge on any atom is -0.315 e. The van der Waals surface area contributed by atoms with Crippen molar-refractivity contribution < 1.29 is 14.6 Å². The first-order valence-corrected chi connectivity index (χ1v) is 7.63. The Kier molecular flexibility index (Phi) is 5.78. The number of hydrogen-bond acceptors (Lipinski definition) is 5. The van der Waals surface area contributed by atoms with Crippen LogP contribution in [0, 0.1) is 20.2 Å². The predicted octanol–water partition coefficient (Wildman–Crippen LogP) is 3.49. The maximum atomic E-state index is 12.2. The lowest BCUT2D eigenvalue weighted by atomic mass is 10.1. The molecule has 0 heterocycles. The van der Waals surface area contributed by atoms with Gasteiger partial charge in [0.1, 0.15) is 0 Å². The van der Waals surface area contributed by atoms with Gasteiger partial charge in [-0.05, 0) is 30.5 Å². The second-order valence-corrected chi connectivity index (χ2v) is 5.50. The number of rotatable bonds is 7. The van der Waals surface area contributed by atoms with E-state index >= 15 is 0 Å². The van der Waals surface area contributed by atoms with Crippen LogP contribution < -0.4 is 4.90 Å². The van der Waals surface area contributed by atoms with Crippen molar-refractivity contribution in [3.8, 4) is 0 Å². The number of anilines is 1. The molecule has 0 spiro atoms. The molecule has 0 aliphatic rings. The molecule has 0 N–H and O–H groups in total. The maximum Gasteiger partial charge on any atom is 0.269 e. The molecule has 130 valence electrons. The lowest BCUT2D eigenvalue weighted by Gasteiger charge is -2.17. The molecule has 0 atom stereocenters. The molecule has 0 saturated carbocycles. The molecule has 25 heavy (non-hydrogen) atoms. The zero-order valence-electron chi connectivity index (χ0n) is 13.6. The molecule has 0 unspecified atom stereocenters. The highest BCUT2D eigenvalue weighted by Gasteiger charge is 2.13. The quantitative estimate of drug-likeness (QED) is 0.565. The van der Waals surface area contributed by atoms with Crippen LogP contribution in [0.15, 0.2) is 48.5 Å². The third kappa shape index (κ3) is 4.84. The fourth-order valence-electron chi connectivity index (χ4n) is 2.34. The fourth-order valence-corrected chi connectivity index (χ4v) is 2.34. The van der Waals surface area contributed by atoms with Gasteiger partial charge in [-0.15, -0.1) is 0 Å². The van der Waals surface area contributed by atoms with Crippen molar-refractivity contribution in [1.82, 2.24) is 0 Å². The standard InChI is InChI=1S/C17H17N3O5/c1-18(14-9-11-16(12-10-14)20(24)25)17(21)4-2-3-13-5-7-15(8-6-13)19(22)23/h5-12H,2-4H2,1H3. The van der Waals surface area contributed by atoms with Crippen molar-refractivity contribution in [2.24, 2.45) is 0 Å². The number of benzene rings is 2. The van der Waals surface area contributed by atoms with E-state index in [1.54, 1.807) is 19.2 Å². The maximum absolute atomic E-state index is 12.2. The van der Waals surface area contributed by atoms with E-state index in [0.717, 1.165) is 5.56 Å². The molecule has 0 aromatic heterocycles. The lowest BCUT2D eigenvalue weighted by molar-refractivity contribution is -0.385. The van der Waals surface area contributed by atoms with E-state index in [1.165, 1.54) is 41.3 Å². The van der Waals surface area contributed by atoms with Gasteiger partial charge < -0.3 is 4.90 Å². The Balaban J connectivity index is 1.86. The summed E-state index contributed by atoms with van der Waals surface area (Å²) in [6.07, 6.45) is 1.55. The first-order chi connectivity index (χ1) is 11.9. The van der Waals surface area contributed by atoms with E-state index in [-0.39, 0.29) is 17.3 Å². The van der Waals surface area contributed by atoms with Gasteiger partial charge in [-0.2, -0.15) is 0 Å². The summed E-state index contributed by atoms with van der Waals surface area (Å²) in [4.78, 5) is 34.0. The number of hydrogen-bond donors (Lipinski definition) is 0. The normalized spacial score (nSPS) is 10.3. The van der Waals surface area contributed by atoms with E-state index in [2.05, 4.69) is 0 Å². The van der Waals surface area contributed by atoms with Crippen LogP contribution in [0.2, 0.25) is 0 Å². The van der Waals surface area contributed by atoms with Crippen LogP contribution >= 0.6 is 0 Å². The topological polar surface area (TPSA) is 107 Å². The van der Waals surface area contributed by atoms with Crippen LogP contribution in [0.5, 0.6) is 0 Å². The van der Waals surface area contributed by atoms with Crippen molar-refractivity contribution in [1.29, 1.82) is 0 Å². The number of nitrogens with zero attached hydrogens (tertiary/aromatic N) is 3. The Morgan fingerprint density at radius 3 is 1.88 bits per heavy atom. The molecule has 0 aliphatic carbocycles. The van der Waals surface area contributed by atoms with Gasteiger partial charge in [-0.1, -0.05) is 12.1 Å². The second-order valence-electron chi connectivity index (χ2n) is 5.50. The summed E-state index contributed by atoms with van der Waals surface area (Å²) in [6, 6.07) is 12.0. The monoisotopic (exact) mass is 343 g/mol. The van der Waals surface area contributed by atoms with Gasteiger partial charge in [-0.25, -0.2) is 0 Å². The van der Waals surface area contributed by atoms with Crippen LogP contribution in [0.1, 0.15) is 18.4 Å². The van der Waals surface area contributed by atoms with Crippen molar-refractivity contribution in [2.45, 2.75) is 19.3 Å². The molecule has 8 heteroatoms. The summed E-state index contributed by atoms with van der Waals surface area (Å²) in [5.74, 6) is -0.101. The molecule has 8 nitrogen and oxygen atoms in total. The smallest absolute Gasteiger partial charge is 0.269 e. The molecule has 0 saturated heterocycles. The molecular formula is C17H17N3O5. The minimum absolute atomic E-state index is 0.0252. The first-order valence-electron chi connectivity index (χ1n) is 7.63. The Bertz CT molecular complexity index is 772. The third-order valence-corrected chi connectivity index (χ3v) is 3.83. The van der Waals surface area contributed by atoms with Gasteiger partial charge in [-0.3, -0.25) is 25.0 Å². The highest BCUT2D eigenvalue weighted by molar-refractivity contribution is 5.92. The number of aryl methyl sites for hydroxylation is 1. The van der Waals surface area contributed by atoms with E-state index in [0.29, 0.717) is 24.9 Å². The number of carbonyl (C=O) groups is 1. The average molecular weight is 343 g/mol. The Labute approximate surface area is 144 Å². The van der Waals surface area contributed by atoms with Gasteiger partial charge in [0.15, 0.2) is 0 Å². The predicted molar refractivity (Wildman–Crippen MR) is 92.5 cm³/mol. The van der Waals surface area contributed by atoms with Crippen LogP contribution in [-0.2, 0) is 11.2 Å². The molecule has 2 aromatic rings. The number of carbonyl (C=O) groups excluding carboxylic acids is 1. The van der Waals surface area contributed by atoms with E-state index in [4.69, 9.17) is 0 Å². The molecule has 0 bridgehead atoms. The summed E-state index contributed by atoms with van der Waals surface area (Å²) in [5, 5.41) is 21.2. The van der Waals surface area contributed by atoms with Gasteiger partial charge >= 0.3 is 0 Å². The summed E-state index contributed by atoms with van der Waals surface area (Å²) in [7, 11) is 1.62. The minimum atomic E-state index is -0.490. The van der Waals surface area contributed by atoms with E-state index in [9.17, 15) is 25.0 Å². The zero-order chi connectivity index (χ0) is 18.4. The van der Waals surface area contributed by atoms with Gasteiger partial charge in [0, 0.05) is 43.4 Å². The number of amides is 1. The molecule has 0 radical (unpaired) electrons. The van der Waals surface area contributed by atoms with E-state index in [1.807, 2.05) is 0 Å². The molecule has 0 fully saturated rings. The van der Waals surface area contributed by atoms with Gasteiger partial charge in [0.05, 0.1) is 9.85 Å². The van der Waals surface area contributed by atoms with Crippen molar-refractivity contribution in [3.63, 3.8) is 0 Å². The van der Waals surface area contributed by atoms with Crippen LogP contribution in [-0.4, -0.2) is 22.8 Å². The van der Waals surface area contributed by atoms with Crippen molar-refractivity contribution in [2.75, 3.05) is 11.9 Å². The summed E-state index contributed by atoms with van der Waals surface area (Å²) >= 11 is 0. The van der Waals surface area contributed by atoms with Crippen LogP contribution in [0.3, 0.4) is 0 Å². The number of nitro benzene ring substituents is 2. The third-order valence-electron chi connectivity index (χ3n) is 3.83. The van der Waals surface area contributed by atoms with Crippen LogP contribution in [0.25, 0.3) is 0 Å². The molecule has 2 rings (SSSR count). The average Bonchev–Trinajstić information content (AvgIpc) is 2.61. The lowest BCUT2D eigenvalue weighted by Crippen LogP contribution is -2.25. The highest BCUT2D eigenvalue weighted by atomic mass is 16.6. The van der Waals surface area contributed by atoms with Gasteiger partial charge in [0.2, 0.25) is 5.91 Å².